The molecule has 2 aromatic rings. The fourth-order valence-corrected chi connectivity index (χ4v) is 2.19. The molecule has 0 spiro atoms. The first-order chi connectivity index (χ1) is 11.1. The van der Waals surface area contributed by atoms with Gasteiger partial charge in [-0.15, -0.1) is 0 Å². The van der Waals surface area contributed by atoms with Crippen LogP contribution in [0, 0.1) is 5.82 Å². The van der Waals surface area contributed by atoms with Gasteiger partial charge in [-0.25, -0.2) is 9.37 Å². The van der Waals surface area contributed by atoms with Crippen LogP contribution < -0.4 is 10.1 Å². The molecule has 0 radical (unpaired) electrons. The van der Waals surface area contributed by atoms with Gasteiger partial charge in [-0.2, -0.15) is 4.98 Å². The molecule has 0 amide bonds. The van der Waals surface area contributed by atoms with Crippen LogP contribution in [0.2, 0.25) is 5.02 Å². The van der Waals surface area contributed by atoms with Crippen LogP contribution in [-0.2, 0) is 0 Å². The monoisotopic (exact) mass is 338 g/mol. The van der Waals surface area contributed by atoms with Gasteiger partial charge in [0.2, 0.25) is 11.8 Å². The minimum atomic E-state index is -0.466. The minimum Gasteiger partial charge on any atom is -0.476 e. The Labute approximate surface area is 140 Å². The Balaban J connectivity index is 1.95. The van der Waals surface area contributed by atoms with E-state index in [4.69, 9.17) is 16.3 Å². The summed E-state index contributed by atoms with van der Waals surface area (Å²) in [6.45, 7) is 7.60. The summed E-state index contributed by atoms with van der Waals surface area (Å²) in [5.74, 6) is 0.391. The Kier molecular flexibility index (Phi) is 6.55. The Hall–Kier alpha value is -1.92. The number of nitrogens with one attached hydrogen (secondary N) is 1. The van der Waals surface area contributed by atoms with E-state index in [2.05, 4.69) is 34.0 Å². The van der Waals surface area contributed by atoms with Crippen LogP contribution in [0.15, 0.2) is 30.5 Å². The van der Waals surface area contributed by atoms with Crippen LogP contribution in [0.3, 0.4) is 0 Å². The SMILES string of the molecule is CCN(CC)CCOc1ccnc(Nc2ccc(F)c(Cl)c2)n1. The van der Waals surface area contributed by atoms with Gasteiger partial charge >= 0.3 is 0 Å². The molecule has 23 heavy (non-hydrogen) atoms. The van der Waals surface area contributed by atoms with Crippen molar-refractivity contribution >= 4 is 23.2 Å². The topological polar surface area (TPSA) is 50.3 Å². The summed E-state index contributed by atoms with van der Waals surface area (Å²) < 4.78 is 18.8. The number of benzene rings is 1. The Morgan fingerprint density at radius 3 is 2.74 bits per heavy atom. The molecule has 0 atom stereocenters. The Morgan fingerprint density at radius 2 is 2.04 bits per heavy atom. The molecule has 1 aromatic heterocycles. The summed E-state index contributed by atoms with van der Waals surface area (Å²) in [7, 11) is 0. The lowest BCUT2D eigenvalue weighted by Gasteiger charge is -2.17. The van der Waals surface area contributed by atoms with Crippen LogP contribution in [-0.4, -0.2) is 41.1 Å². The van der Waals surface area contributed by atoms with Crippen molar-refractivity contribution in [3.63, 3.8) is 0 Å². The highest BCUT2D eigenvalue weighted by atomic mass is 35.5. The maximum atomic E-state index is 13.1. The third-order valence-corrected chi connectivity index (χ3v) is 3.65. The number of aromatic nitrogens is 2. The van der Waals surface area contributed by atoms with Crippen LogP contribution in [0.5, 0.6) is 5.88 Å². The molecule has 0 aliphatic heterocycles. The van der Waals surface area contributed by atoms with E-state index in [1.54, 1.807) is 18.3 Å². The van der Waals surface area contributed by atoms with Gasteiger partial charge in [0.15, 0.2) is 0 Å². The predicted octanol–water partition coefficient (Wildman–Crippen LogP) is 3.73. The Bertz CT molecular complexity index is 637. The average Bonchev–Trinajstić information content (AvgIpc) is 2.55. The first kappa shape index (κ1) is 17.4. The van der Waals surface area contributed by atoms with Gasteiger partial charge in [0.1, 0.15) is 12.4 Å². The van der Waals surface area contributed by atoms with Crippen molar-refractivity contribution in [2.75, 3.05) is 31.6 Å². The van der Waals surface area contributed by atoms with Gasteiger partial charge in [0.25, 0.3) is 0 Å². The van der Waals surface area contributed by atoms with E-state index < -0.39 is 5.82 Å². The number of hydrogen-bond donors (Lipinski definition) is 1. The first-order valence-electron chi connectivity index (χ1n) is 7.52. The van der Waals surface area contributed by atoms with E-state index >= 15 is 0 Å². The molecule has 0 saturated heterocycles. The van der Waals surface area contributed by atoms with Crippen molar-refractivity contribution in [3.8, 4) is 5.88 Å². The molecule has 2 rings (SSSR count). The number of rotatable bonds is 8. The van der Waals surface area contributed by atoms with Crippen LogP contribution in [0.25, 0.3) is 0 Å². The molecule has 0 aliphatic rings. The van der Waals surface area contributed by atoms with Crippen LogP contribution >= 0.6 is 11.6 Å². The highest BCUT2D eigenvalue weighted by Crippen LogP contribution is 2.21. The van der Waals surface area contributed by atoms with E-state index in [1.807, 2.05) is 0 Å². The third-order valence-electron chi connectivity index (χ3n) is 3.36. The number of nitrogens with zero attached hydrogens (tertiary/aromatic N) is 3. The first-order valence-corrected chi connectivity index (χ1v) is 7.90. The molecule has 0 unspecified atom stereocenters. The fourth-order valence-electron chi connectivity index (χ4n) is 2.00. The molecule has 124 valence electrons. The average molecular weight is 339 g/mol. The normalized spacial score (nSPS) is 10.8. The number of anilines is 2. The molecule has 0 aliphatic carbocycles. The lowest BCUT2D eigenvalue weighted by molar-refractivity contribution is 0.218. The molecular formula is C16H20ClFN4O. The minimum absolute atomic E-state index is 0.0432. The molecule has 1 N–H and O–H groups in total. The second-order valence-electron chi connectivity index (χ2n) is 4.85. The molecule has 0 fully saturated rings. The second-order valence-corrected chi connectivity index (χ2v) is 5.25. The van der Waals surface area contributed by atoms with Crippen molar-refractivity contribution in [3.05, 3.63) is 41.3 Å². The van der Waals surface area contributed by atoms with Crippen molar-refractivity contribution in [1.29, 1.82) is 0 Å². The lowest BCUT2D eigenvalue weighted by Crippen LogP contribution is -2.28. The van der Waals surface area contributed by atoms with E-state index in [-0.39, 0.29) is 5.02 Å². The molecule has 7 heteroatoms. The summed E-state index contributed by atoms with van der Waals surface area (Å²) in [4.78, 5) is 10.6. The van der Waals surface area contributed by atoms with E-state index in [0.29, 0.717) is 24.1 Å². The summed E-state index contributed by atoms with van der Waals surface area (Å²) >= 11 is 5.75. The van der Waals surface area contributed by atoms with Gasteiger partial charge in [-0.3, -0.25) is 0 Å². The maximum absolute atomic E-state index is 13.1. The smallest absolute Gasteiger partial charge is 0.230 e. The molecule has 0 bridgehead atoms. The highest BCUT2D eigenvalue weighted by molar-refractivity contribution is 6.31. The van der Waals surface area contributed by atoms with Gasteiger partial charge in [-0.05, 0) is 31.3 Å². The van der Waals surface area contributed by atoms with Crippen molar-refractivity contribution in [2.45, 2.75) is 13.8 Å². The van der Waals surface area contributed by atoms with E-state index in [1.165, 1.54) is 12.1 Å². The standard InChI is InChI=1S/C16H20ClFN4O/c1-3-22(4-2)9-10-23-15-7-8-19-16(21-15)20-12-5-6-14(18)13(17)11-12/h5-8,11H,3-4,9-10H2,1-2H3,(H,19,20,21). The van der Waals surface area contributed by atoms with Crippen LogP contribution in [0.1, 0.15) is 13.8 Å². The molecule has 0 saturated carbocycles. The fraction of sp³-hybridized carbons (Fsp3) is 0.375. The third kappa shape index (κ3) is 5.33. The zero-order valence-corrected chi connectivity index (χ0v) is 14.0. The van der Waals surface area contributed by atoms with E-state index in [9.17, 15) is 4.39 Å². The van der Waals surface area contributed by atoms with Gasteiger partial charge in [0, 0.05) is 24.5 Å². The predicted molar refractivity (Wildman–Crippen MR) is 90.0 cm³/mol. The van der Waals surface area contributed by atoms with Crippen LogP contribution in [0.4, 0.5) is 16.0 Å². The van der Waals surface area contributed by atoms with Gasteiger partial charge < -0.3 is 15.0 Å². The maximum Gasteiger partial charge on any atom is 0.230 e. The largest absolute Gasteiger partial charge is 0.476 e. The molecule has 5 nitrogen and oxygen atoms in total. The van der Waals surface area contributed by atoms with Crippen molar-refractivity contribution < 1.29 is 9.13 Å². The molecule has 1 heterocycles. The molecule has 1 aromatic carbocycles. The number of likely N-dealkylation sites (N-methyl/N-ethyl adjacent to an activating group) is 1. The number of ether oxygens (including phenoxy) is 1. The van der Waals surface area contributed by atoms with Gasteiger partial charge in [0.05, 0.1) is 5.02 Å². The van der Waals surface area contributed by atoms with Crippen molar-refractivity contribution in [2.24, 2.45) is 0 Å². The van der Waals surface area contributed by atoms with Crippen molar-refractivity contribution in [1.82, 2.24) is 14.9 Å². The summed E-state index contributed by atoms with van der Waals surface area (Å²) in [6.07, 6.45) is 1.60. The summed E-state index contributed by atoms with van der Waals surface area (Å²) in [5, 5.41) is 3.01. The summed E-state index contributed by atoms with van der Waals surface area (Å²) in [6, 6.07) is 6.03. The Morgan fingerprint density at radius 1 is 1.26 bits per heavy atom. The zero-order chi connectivity index (χ0) is 16.7. The number of halogens is 2. The molecular weight excluding hydrogens is 319 g/mol. The lowest BCUT2D eigenvalue weighted by atomic mass is 10.3. The van der Waals surface area contributed by atoms with Gasteiger partial charge in [-0.1, -0.05) is 25.4 Å². The highest BCUT2D eigenvalue weighted by Gasteiger charge is 2.05. The number of hydrogen-bond acceptors (Lipinski definition) is 5. The quantitative estimate of drug-likeness (QED) is 0.794. The van der Waals surface area contributed by atoms with E-state index in [0.717, 1.165) is 19.6 Å². The second kappa shape index (κ2) is 8.64. The zero-order valence-electron chi connectivity index (χ0n) is 13.2. The summed E-state index contributed by atoms with van der Waals surface area (Å²) in [5.41, 5.74) is 0.608.